The summed E-state index contributed by atoms with van der Waals surface area (Å²) in [6.45, 7) is 0. The van der Waals surface area contributed by atoms with E-state index in [0.717, 1.165) is 0 Å². The molecule has 2 aromatic carbocycles. The molecule has 0 aliphatic rings. The zero-order chi connectivity index (χ0) is 17.5. The maximum atomic E-state index is 11.9. The number of fused-ring (bicyclic) bond motifs is 1. The van der Waals surface area contributed by atoms with E-state index in [9.17, 15) is 8.42 Å². The molecule has 0 bridgehead atoms. The van der Waals surface area contributed by atoms with Crippen molar-refractivity contribution in [2.75, 3.05) is 0 Å². The summed E-state index contributed by atoms with van der Waals surface area (Å²) in [5, 5.41) is 0.957. The third-order valence-electron chi connectivity index (χ3n) is 3.21. The molecule has 0 amide bonds. The van der Waals surface area contributed by atoms with Crippen molar-refractivity contribution in [1.29, 1.82) is 0 Å². The smallest absolute Gasteiger partial charge is 0.265 e. The molecular formula is C14H6Cl3N3O3S. The summed E-state index contributed by atoms with van der Waals surface area (Å²) in [6.07, 6.45) is 0. The first kappa shape index (κ1) is 17.0. The van der Waals surface area contributed by atoms with Gasteiger partial charge in [0.1, 0.15) is 5.58 Å². The predicted octanol–water partition coefficient (Wildman–Crippen LogP) is 6.06. The van der Waals surface area contributed by atoms with E-state index in [4.69, 9.17) is 44.8 Å². The van der Waals surface area contributed by atoms with Gasteiger partial charge in [0.2, 0.25) is 0 Å². The average Bonchev–Trinajstić information content (AvgIpc) is 2.83. The van der Waals surface area contributed by atoms with Gasteiger partial charge >= 0.3 is 0 Å². The number of hydrogen-bond donors (Lipinski definition) is 0. The molecule has 0 saturated carbocycles. The molecule has 3 aromatic rings. The Hall–Kier alpha value is -1.89. The highest BCUT2D eigenvalue weighted by molar-refractivity contribution is 7.90. The van der Waals surface area contributed by atoms with Gasteiger partial charge in [0.05, 0.1) is 14.9 Å². The van der Waals surface area contributed by atoms with Gasteiger partial charge in [0.25, 0.3) is 10.0 Å². The molecule has 1 aromatic heterocycles. The Bertz CT molecular complexity index is 1100. The minimum Gasteiger partial charge on any atom is -0.454 e. The summed E-state index contributed by atoms with van der Waals surface area (Å²) in [4.78, 5) is 1.95. The molecule has 3 rings (SSSR count). The number of rotatable bonds is 3. The van der Waals surface area contributed by atoms with Crippen LogP contribution < -0.4 is 0 Å². The first-order valence-corrected chi connectivity index (χ1v) is 8.90. The van der Waals surface area contributed by atoms with Crippen LogP contribution in [0.1, 0.15) is 0 Å². The van der Waals surface area contributed by atoms with Crippen molar-refractivity contribution in [3.8, 4) is 11.3 Å². The lowest BCUT2D eigenvalue weighted by Crippen LogP contribution is -1.96. The van der Waals surface area contributed by atoms with Crippen LogP contribution in [-0.4, -0.2) is 8.42 Å². The largest absolute Gasteiger partial charge is 0.454 e. The molecule has 6 nitrogen and oxygen atoms in total. The minimum absolute atomic E-state index is 0.136. The van der Waals surface area contributed by atoms with Crippen LogP contribution in [0.25, 0.3) is 32.7 Å². The first-order chi connectivity index (χ1) is 11.3. The number of halogens is 3. The highest BCUT2D eigenvalue weighted by Crippen LogP contribution is 2.40. The SMILES string of the molecule is [N-]=[N+]=NS(=O)(=O)c1cc2c(Cl)c(-c3ccc(Cl)cc3)oc2cc1Cl. The molecule has 0 radical (unpaired) electrons. The van der Waals surface area contributed by atoms with E-state index < -0.39 is 10.0 Å². The number of azide groups is 1. The van der Waals surface area contributed by atoms with Crippen molar-refractivity contribution in [2.45, 2.75) is 4.90 Å². The summed E-state index contributed by atoms with van der Waals surface area (Å²) in [6, 6.07) is 9.29. The van der Waals surface area contributed by atoms with Crippen LogP contribution in [-0.2, 0) is 10.0 Å². The fourth-order valence-corrected chi connectivity index (χ4v) is 3.77. The second kappa shape index (κ2) is 6.20. The van der Waals surface area contributed by atoms with Crippen LogP contribution in [0.5, 0.6) is 0 Å². The van der Waals surface area contributed by atoms with Crippen molar-refractivity contribution in [3.63, 3.8) is 0 Å². The average molecular weight is 403 g/mol. The topological polar surface area (TPSA) is 96.0 Å². The van der Waals surface area contributed by atoms with Crippen LogP contribution in [0, 0.1) is 0 Å². The zero-order valence-corrected chi connectivity index (χ0v) is 14.7. The van der Waals surface area contributed by atoms with E-state index >= 15 is 0 Å². The van der Waals surface area contributed by atoms with Crippen molar-refractivity contribution < 1.29 is 12.8 Å². The van der Waals surface area contributed by atoms with Crippen molar-refractivity contribution >= 4 is 55.8 Å². The predicted molar refractivity (Wildman–Crippen MR) is 93.0 cm³/mol. The van der Waals surface area contributed by atoms with Gasteiger partial charge < -0.3 is 4.42 Å². The Balaban J connectivity index is 2.26. The Morgan fingerprint density at radius 2 is 1.75 bits per heavy atom. The maximum absolute atomic E-state index is 11.9. The second-order valence-electron chi connectivity index (χ2n) is 4.68. The van der Waals surface area contributed by atoms with Crippen LogP contribution in [0.4, 0.5) is 0 Å². The molecule has 0 atom stereocenters. The molecule has 24 heavy (non-hydrogen) atoms. The fourth-order valence-electron chi connectivity index (χ4n) is 2.14. The van der Waals surface area contributed by atoms with Gasteiger partial charge in [-0.05, 0) is 35.9 Å². The molecule has 0 spiro atoms. The normalized spacial score (nSPS) is 11.5. The lowest BCUT2D eigenvalue weighted by Gasteiger charge is -2.00. The highest BCUT2D eigenvalue weighted by atomic mass is 35.5. The molecule has 0 aliphatic heterocycles. The standard InChI is InChI=1S/C14H6Cl3N3O3S/c15-8-3-1-7(2-4-8)14-13(17)9-5-12(24(21,22)20-19-18)10(16)6-11(9)23-14/h1-6H. The van der Waals surface area contributed by atoms with E-state index in [1.165, 1.54) is 12.1 Å². The van der Waals surface area contributed by atoms with E-state index in [-0.39, 0.29) is 14.9 Å². The van der Waals surface area contributed by atoms with Crippen LogP contribution >= 0.6 is 34.8 Å². The molecule has 0 saturated heterocycles. The molecule has 0 aliphatic carbocycles. The Morgan fingerprint density at radius 1 is 1.08 bits per heavy atom. The fraction of sp³-hybridized carbons (Fsp3) is 0. The molecule has 122 valence electrons. The van der Waals surface area contributed by atoms with Gasteiger partial charge in [-0.3, -0.25) is 0 Å². The third kappa shape index (κ3) is 2.92. The quantitative estimate of drug-likeness (QED) is 0.302. The summed E-state index contributed by atoms with van der Waals surface area (Å²) in [5.41, 5.74) is 9.34. The number of furan rings is 1. The maximum Gasteiger partial charge on any atom is 0.265 e. The number of sulfonamides is 1. The lowest BCUT2D eigenvalue weighted by atomic mass is 10.1. The van der Waals surface area contributed by atoms with Crippen molar-refractivity contribution in [2.24, 2.45) is 4.52 Å². The summed E-state index contributed by atoms with van der Waals surface area (Å²) in [7, 11) is -4.25. The van der Waals surface area contributed by atoms with Gasteiger partial charge in [-0.15, -0.1) is 0 Å². The summed E-state index contributed by atoms with van der Waals surface area (Å²) in [5.74, 6) is 0.345. The molecular weight excluding hydrogens is 397 g/mol. The number of nitrogens with zero attached hydrogens (tertiary/aromatic N) is 3. The summed E-state index contributed by atoms with van der Waals surface area (Å²) < 4.78 is 32.3. The monoisotopic (exact) mass is 401 g/mol. The molecule has 0 fully saturated rings. The van der Waals surface area contributed by atoms with Crippen molar-refractivity contribution in [1.82, 2.24) is 0 Å². The Labute approximate surface area is 151 Å². The minimum atomic E-state index is -4.25. The van der Waals surface area contributed by atoms with E-state index in [1.54, 1.807) is 24.3 Å². The van der Waals surface area contributed by atoms with Gasteiger partial charge in [-0.1, -0.05) is 34.8 Å². The van der Waals surface area contributed by atoms with Crippen LogP contribution in [0.2, 0.25) is 15.1 Å². The van der Waals surface area contributed by atoms with Crippen molar-refractivity contribution in [3.05, 3.63) is 61.9 Å². The van der Waals surface area contributed by atoms with E-state index in [2.05, 4.69) is 9.43 Å². The Morgan fingerprint density at radius 3 is 2.38 bits per heavy atom. The lowest BCUT2D eigenvalue weighted by molar-refractivity contribution is 0.597. The molecule has 0 unspecified atom stereocenters. The first-order valence-electron chi connectivity index (χ1n) is 6.32. The number of benzene rings is 2. The van der Waals surface area contributed by atoms with Gasteiger partial charge in [-0.2, -0.15) is 0 Å². The van der Waals surface area contributed by atoms with Gasteiger partial charge in [0.15, 0.2) is 5.76 Å². The van der Waals surface area contributed by atoms with Crippen LogP contribution in [0.15, 0.2) is 50.2 Å². The molecule has 1 heterocycles. The highest BCUT2D eigenvalue weighted by Gasteiger charge is 2.22. The Kier molecular flexibility index (Phi) is 4.38. The third-order valence-corrected chi connectivity index (χ3v) is 5.44. The van der Waals surface area contributed by atoms with Gasteiger partial charge in [0, 0.05) is 31.5 Å². The molecule has 10 heteroatoms. The van der Waals surface area contributed by atoms with E-state index in [0.29, 0.717) is 27.3 Å². The molecule has 0 N–H and O–H groups in total. The zero-order valence-electron chi connectivity index (χ0n) is 11.6. The van der Waals surface area contributed by atoms with E-state index in [1.807, 2.05) is 0 Å². The second-order valence-corrected chi connectivity index (χ2v) is 7.45. The van der Waals surface area contributed by atoms with Crippen LogP contribution in [0.3, 0.4) is 0 Å². The summed E-state index contributed by atoms with van der Waals surface area (Å²) >= 11 is 18.1. The number of hydrogen-bond acceptors (Lipinski definition) is 3. The van der Waals surface area contributed by atoms with Gasteiger partial charge in [-0.25, -0.2) is 8.42 Å².